The number of nitrogens with one attached hydrogen (secondary N) is 1. The zero-order valence-electron chi connectivity index (χ0n) is 13.6. The second-order valence-electron chi connectivity index (χ2n) is 6.08. The lowest BCUT2D eigenvalue weighted by molar-refractivity contribution is -0.120. The minimum atomic E-state index is -0.590. The molecule has 3 N–H and O–H groups in total. The van der Waals surface area contributed by atoms with E-state index >= 15 is 0 Å². The molecule has 3 aromatic rings. The molecule has 4 rings (SSSR count). The fourth-order valence-corrected chi connectivity index (χ4v) is 3.88. The Bertz CT molecular complexity index is 1010. The van der Waals surface area contributed by atoms with Crippen molar-refractivity contribution >= 4 is 44.2 Å². The molecule has 1 aromatic heterocycles. The Morgan fingerprint density at radius 2 is 1.96 bits per heavy atom. The Balaban J connectivity index is 1.43. The van der Waals surface area contributed by atoms with E-state index in [0.717, 1.165) is 4.70 Å². The number of nitrogens with two attached hydrogens (primary N) is 1. The Kier molecular flexibility index (Phi) is 4.04. The summed E-state index contributed by atoms with van der Waals surface area (Å²) in [7, 11) is 0. The van der Waals surface area contributed by atoms with Crippen molar-refractivity contribution in [2.24, 2.45) is 11.7 Å². The van der Waals surface area contributed by atoms with Gasteiger partial charge >= 0.3 is 0 Å². The number of benzene rings is 2. The quantitative estimate of drug-likeness (QED) is 0.739. The highest BCUT2D eigenvalue weighted by molar-refractivity contribution is 7.22. The van der Waals surface area contributed by atoms with E-state index in [1.807, 2.05) is 11.0 Å². The standard InChI is InChI=1S/C18H15FN4O2S/c19-12-5-3-7-14-15(12)22-18(26-14)23-8-10(9-23)17(25)21-13-6-2-1-4-11(13)16(20)24/h1-7,10H,8-9H2,(H2,20,24)(H,21,25). The SMILES string of the molecule is NC(=O)c1ccccc1NC(=O)C1CN(c2nc3c(F)cccc3s2)C1. The lowest BCUT2D eigenvalue weighted by Crippen LogP contribution is -2.52. The van der Waals surface area contributed by atoms with Gasteiger partial charge in [0.2, 0.25) is 5.91 Å². The number of thiazole rings is 1. The molecule has 26 heavy (non-hydrogen) atoms. The molecule has 2 aromatic carbocycles. The first-order valence-electron chi connectivity index (χ1n) is 8.02. The normalized spacial score (nSPS) is 14.3. The number of primary amides is 1. The van der Waals surface area contributed by atoms with E-state index < -0.39 is 5.91 Å². The highest BCUT2D eigenvalue weighted by Gasteiger charge is 2.35. The number of hydrogen-bond acceptors (Lipinski definition) is 5. The average molecular weight is 370 g/mol. The lowest BCUT2D eigenvalue weighted by Gasteiger charge is -2.38. The van der Waals surface area contributed by atoms with E-state index in [0.29, 0.717) is 29.4 Å². The molecule has 0 spiro atoms. The summed E-state index contributed by atoms with van der Waals surface area (Å²) in [5.41, 5.74) is 6.37. The van der Waals surface area contributed by atoms with Gasteiger partial charge in [0, 0.05) is 13.1 Å². The molecular formula is C18H15FN4O2S. The van der Waals surface area contributed by atoms with Gasteiger partial charge in [-0.1, -0.05) is 29.5 Å². The zero-order valence-corrected chi connectivity index (χ0v) is 14.4. The van der Waals surface area contributed by atoms with Crippen molar-refractivity contribution in [3.63, 3.8) is 0 Å². The van der Waals surface area contributed by atoms with Crippen molar-refractivity contribution in [3.8, 4) is 0 Å². The van der Waals surface area contributed by atoms with Crippen LogP contribution in [0, 0.1) is 11.7 Å². The predicted octanol–water partition coefficient (Wildman–Crippen LogP) is 2.61. The number of halogens is 1. The largest absolute Gasteiger partial charge is 0.366 e. The molecule has 0 radical (unpaired) electrons. The number of nitrogens with zero attached hydrogens (tertiary/aromatic N) is 2. The number of para-hydroxylation sites is 2. The van der Waals surface area contributed by atoms with Crippen molar-refractivity contribution in [2.45, 2.75) is 0 Å². The minimum Gasteiger partial charge on any atom is -0.366 e. The maximum absolute atomic E-state index is 13.8. The number of fused-ring (bicyclic) bond motifs is 1. The number of aromatic nitrogens is 1. The van der Waals surface area contributed by atoms with Crippen LogP contribution in [0.3, 0.4) is 0 Å². The third-order valence-corrected chi connectivity index (χ3v) is 5.41. The Labute approximate surface area is 152 Å². The second kappa shape index (κ2) is 6.38. The van der Waals surface area contributed by atoms with Crippen molar-refractivity contribution in [1.29, 1.82) is 0 Å². The molecule has 1 aliphatic heterocycles. The molecule has 2 heterocycles. The molecule has 6 nitrogen and oxygen atoms in total. The molecule has 2 amide bonds. The molecule has 0 unspecified atom stereocenters. The van der Waals surface area contributed by atoms with Gasteiger partial charge in [-0.05, 0) is 24.3 Å². The summed E-state index contributed by atoms with van der Waals surface area (Å²) in [5.74, 6) is -1.34. The van der Waals surface area contributed by atoms with Crippen molar-refractivity contribution in [1.82, 2.24) is 4.98 Å². The van der Waals surface area contributed by atoms with Crippen LogP contribution in [0.15, 0.2) is 42.5 Å². The fraction of sp³-hybridized carbons (Fsp3) is 0.167. The second-order valence-corrected chi connectivity index (χ2v) is 7.09. The number of amides is 2. The molecule has 8 heteroatoms. The van der Waals surface area contributed by atoms with Crippen LogP contribution in [0.2, 0.25) is 0 Å². The van der Waals surface area contributed by atoms with Crippen LogP contribution in [0.5, 0.6) is 0 Å². The van der Waals surface area contributed by atoms with E-state index in [-0.39, 0.29) is 23.2 Å². The third-order valence-electron chi connectivity index (χ3n) is 4.33. The van der Waals surface area contributed by atoms with Crippen molar-refractivity contribution < 1.29 is 14.0 Å². The average Bonchev–Trinajstić information content (AvgIpc) is 2.99. The van der Waals surface area contributed by atoms with Gasteiger partial charge in [-0.15, -0.1) is 0 Å². The summed E-state index contributed by atoms with van der Waals surface area (Å²) in [6.45, 7) is 0.984. The summed E-state index contributed by atoms with van der Waals surface area (Å²) < 4.78 is 14.5. The summed E-state index contributed by atoms with van der Waals surface area (Å²) in [6, 6.07) is 11.5. The molecule has 1 fully saturated rings. The third kappa shape index (κ3) is 2.88. The first kappa shape index (κ1) is 16.5. The molecule has 132 valence electrons. The van der Waals surface area contributed by atoms with Crippen LogP contribution in [0.1, 0.15) is 10.4 Å². The summed E-state index contributed by atoms with van der Waals surface area (Å²) >= 11 is 1.40. The summed E-state index contributed by atoms with van der Waals surface area (Å²) in [5, 5.41) is 3.46. The molecule has 0 aliphatic carbocycles. The summed E-state index contributed by atoms with van der Waals surface area (Å²) in [4.78, 5) is 30.1. The lowest BCUT2D eigenvalue weighted by atomic mass is 9.99. The van der Waals surface area contributed by atoms with Crippen LogP contribution >= 0.6 is 11.3 Å². The van der Waals surface area contributed by atoms with Crippen LogP contribution < -0.4 is 16.0 Å². The van der Waals surface area contributed by atoms with E-state index in [1.54, 1.807) is 30.3 Å². The maximum atomic E-state index is 13.8. The molecule has 0 saturated carbocycles. The minimum absolute atomic E-state index is 0.178. The van der Waals surface area contributed by atoms with E-state index in [9.17, 15) is 14.0 Å². The number of hydrogen-bond donors (Lipinski definition) is 2. The highest BCUT2D eigenvalue weighted by Crippen LogP contribution is 2.34. The Morgan fingerprint density at radius 3 is 2.69 bits per heavy atom. The molecule has 1 saturated heterocycles. The predicted molar refractivity (Wildman–Crippen MR) is 98.9 cm³/mol. The van der Waals surface area contributed by atoms with Gasteiger partial charge in [0.15, 0.2) is 5.13 Å². The van der Waals surface area contributed by atoms with E-state index in [4.69, 9.17) is 5.73 Å². The number of carbonyl (C=O) groups excluding carboxylic acids is 2. The van der Waals surface area contributed by atoms with Gasteiger partial charge in [0.25, 0.3) is 5.91 Å². The van der Waals surface area contributed by atoms with E-state index in [1.165, 1.54) is 17.4 Å². The van der Waals surface area contributed by atoms with Gasteiger partial charge in [-0.25, -0.2) is 9.37 Å². The van der Waals surface area contributed by atoms with Crippen LogP contribution in [-0.2, 0) is 4.79 Å². The first-order chi connectivity index (χ1) is 12.5. The van der Waals surface area contributed by atoms with Gasteiger partial charge in [0.1, 0.15) is 11.3 Å². The molecule has 1 aliphatic rings. The molecule has 0 bridgehead atoms. The van der Waals surface area contributed by atoms with Gasteiger partial charge < -0.3 is 16.0 Å². The molecular weight excluding hydrogens is 355 g/mol. The Morgan fingerprint density at radius 1 is 1.19 bits per heavy atom. The fourth-order valence-electron chi connectivity index (χ4n) is 2.88. The Hall–Kier alpha value is -3.00. The highest BCUT2D eigenvalue weighted by atomic mass is 32.1. The van der Waals surface area contributed by atoms with Crippen LogP contribution in [0.25, 0.3) is 10.2 Å². The van der Waals surface area contributed by atoms with Crippen molar-refractivity contribution in [3.05, 3.63) is 53.8 Å². The first-order valence-corrected chi connectivity index (χ1v) is 8.84. The zero-order chi connectivity index (χ0) is 18.3. The number of anilines is 2. The topological polar surface area (TPSA) is 88.3 Å². The van der Waals surface area contributed by atoms with Crippen LogP contribution in [0.4, 0.5) is 15.2 Å². The smallest absolute Gasteiger partial charge is 0.250 e. The number of rotatable bonds is 4. The summed E-state index contributed by atoms with van der Waals surface area (Å²) in [6.07, 6.45) is 0. The number of carbonyl (C=O) groups is 2. The maximum Gasteiger partial charge on any atom is 0.250 e. The van der Waals surface area contributed by atoms with Crippen LogP contribution in [-0.4, -0.2) is 29.9 Å². The van der Waals surface area contributed by atoms with Crippen molar-refractivity contribution in [2.75, 3.05) is 23.3 Å². The van der Waals surface area contributed by atoms with Gasteiger partial charge in [0.05, 0.1) is 21.9 Å². The molecule has 0 atom stereocenters. The monoisotopic (exact) mass is 370 g/mol. The van der Waals surface area contributed by atoms with Gasteiger partial charge in [-0.3, -0.25) is 9.59 Å². The van der Waals surface area contributed by atoms with E-state index in [2.05, 4.69) is 10.3 Å². The van der Waals surface area contributed by atoms with Gasteiger partial charge in [-0.2, -0.15) is 0 Å².